The minimum absolute atomic E-state index is 0.257. The first-order valence-electron chi connectivity index (χ1n) is 7.05. The van der Waals surface area contributed by atoms with Crippen molar-refractivity contribution in [1.82, 2.24) is 5.32 Å². The Morgan fingerprint density at radius 2 is 1.95 bits per heavy atom. The van der Waals surface area contributed by atoms with Crippen molar-refractivity contribution < 1.29 is 15.0 Å². The summed E-state index contributed by atoms with van der Waals surface area (Å²) in [7, 11) is 0. The molecule has 0 aliphatic heterocycles. The number of nitrogens with one attached hydrogen (secondary N) is 1. The van der Waals surface area contributed by atoms with Crippen LogP contribution in [0.15, 0.2) is 18.2 Å². The molecule has 1 amide bonds. The van der Waals surface area contributed by atoms with Crippen LogP contribution in [0.4, 0.5) is 0 Å². The average molecular weight is 332 g/mol. The van der Waals surface area contributed by atoms with Gasteiger partial charge in [-0.05, 0) is 48.9 Å². The third-order valence-corrected chi connectivity index (χ3v) is 4.21. The molecule has 3 unspecified atom stereocenters. The molecule has 116 valence electrons. The maximum Gasteiger partial charge on any atom is 0.253 e. The third-order valence-electron chi connectivity index (χ3n) is 3.77. The summed E-state index contributed by atoms with van der Waals surface area (Å²) in [6.45, 7) is 0.460. The van der Waals surface area contributed by atoms with E-state index < -0.39 is 12.0 Å². The van der Waals surface area contributed by atoms with E-state index in [1.807, 2.05) is 0 Å². The molecule has 1 aliphatic carbocycles. The molecule has 21 heavy (non-hydrogen) atoms. The van der Waals surface area contributed by atoms with Gasteiger partial charge in [0.25, 0.3) is 5.91 Å². The number of halogens is 2. The van der Waals surface area contributed by atoms with E-state index in [2.05, 4.69) is 5.32 Å². The quantitative estimate of drug-likeness (QED) is 0.794. The summed E-state index contributed by atoms with van der Waals surface area (Å²) >= 11 is 11.7. The second-order valence-corrected chi connectivity index (χ2v) is 6.41. The van der Waals surface area contributed by atoms with E-state index in [4.69, 9.17) is 23.2 Å². The molecule has 1 aromatic rings. The van der Waals surface area contributed by atoms with Gasteiger partial charge in [-0.3, -0.25) is 4.79 Å². The standard InChI is InChI=1S/C15H19Cl2NO3/c16-11-5-10(6-12(17)7-11)14(20)15(21)18-8-9-2-1-3-13(19)4-9/h5-7,9,13-14,19-20H,1-4,8H2,(H,18,21). The Morgan fingerprint density at radius 3 is 2.57 bits per heavy atom. The second kappa shape index (κ2) is 7.45. The molecule has 3 N–H and O–H groups in total. The van der Waals surface area contributed by atoms with Crippen LogP contribution in [0.2, 0.25) is 10.0 Å². The Balaban J connectivity index is 1.90. The summed E-state index contributed by atoms with van der Waals surface area (Å²) in [5.41, 5.74) is 0.369. The molecule has 1 aromatic carbocycles. The Hall–Kier alpha value is -0.810. The maximum atomic E-state index is 12.0. The summed E-state index contributed by atoms with van der Waals surface area (Å²) in [6.07, 6.45) is 1.89. The normalized spacial score (nSPS) is 23.6. The second-order valence-electron chi connectivity index (χ2n) is 5.54. The van der Waals surface area contributed by atoms with Crippen LogP contribution >= 0.6 is 23.2 Å². The highest BCUT2D eigenvalue weighted by Gasteiger charge is 2.23. The van der Waals surface area contributed by atoms with E-state index in [0.29, 0.717) is 28.6 Å². The van der Waals surface area contributed by atoms with Crippen molar-refractivity contribution in [3.63, 3.8) is 0 Å². The van der Waals surface area contributed by atoms with Gasteiger partial charge in [0.15, 0.2) is 6.10 Å². The molecule has 4 nitrogen and oxygen atoms in total. The fourth-order valence-electron chi connectivity index (χ4n) is 2.67. The minimum atomic E-state index is -1.30. The molecule has 0 bridgehead atoms. The van der Waals surface area contributed by atoms with Gasteiger partial charge in [0.2, 0.25) is 0 Å². The number of amides is 1. The molecule has 0 saturated heterocycles. The highest BCUT2D eigenvalue weighted by atomic mass is 35.5. The first kappa shape index (κ1) is 16.6. The zero-order valence-electron chi connectivity index (χ0n) is 11.6. The summed E-state index contributed by atoms with van der Waals surface area (Å²) < 4.78 is 0. The van der Waals surface area contributed by atoms with Crippen molar-refractivity contribution in [3.8, 4) is 0 Å². The van der Waals surface area contributed by atoms with E-state index in [1.54, 1.807) is 6.07 Å². The number of hydrogen-bond acceptors (Lipinski definition) is 3. The van der Waals surface area contributed by atoms with Gasteiger partial charge in [-0.1, -0.05) is 29.6 Å². The maximum absolute atomic E-state index is 12.0. The molecular formula is C15H19Cl2NO3. The summed E-state index contributed by atoms with van der Waals surface area (Å²) in [5.74, 6) is -0.221. The molecule has 0 radical (unpaired) electrons. The minimum Gasteiger partial charge on any atom is -0.393 e. The number of rotatable bonds is 4. The van der Waals surface area contributed by atoms with E-state index in [1.165, 1.54) is 12.1 Å². The topological polar surface area (TPSA) is 69.6 Å². The van der Waals surface area contributed by atoms with Crippen LogP contribution in [-0.2, 0) is 4.79 Å². The molecule has 1 saturated carbocycles. The smallest absolute Gasteiger partial charge is 0.253 e. The number of carbonyl (C=O) groups is 1. The average Bonchev–Trinajstić information content (AvgIpc) is 2.43. The van der Waals surface area contributed by atoms with Gasteiger partial charge in [0, 0.05) is 16.6 Å². The van der Waals surface area contributed by atoms with Gasteiger partial charge in [-0.2, -0.15) is 0 Å². The monoisotopic (exact) mass is 331 g/mol. The lowest BCUT2D eigenvalue weighted by molar-refractivity contribution is -0.129. The number of benzene rings is 1. The summed E-state index contributed by atoms with van der Waals surface area (Å²) in [5, 5.41) is 23.1. The number of aliphatic hydroxyl groups excluding tert-OH is 2. The third kappa shape index (κ3) is 4.85. The summed E-state index contributed by atoms with van der Waals surface area (Å²) in [6, 6.07) is 4.57. The Bertz CT molecular complexity index is 489. The molecule has 2 rings (SSSR count). The molecular weight excluding hydrogens is 313 g/mol. The number of aliphatic hydroxyl groups is 2. The van der Waals surface area contributed by atoms with Gasteiger partial charge in [0.1, 0.15) is 0 Å². The van der Waals surface area contributed by atoms with Crippen LogP contribution in [0.3, 0.4) is 0 Å². The van der Waals surface area contributed by atoms with E-state index in [-0.39, 0.29) is 12.0 Å². The van der Waals surface area contributed by atoms with Gasteiger partial charge >= 0.3 is 0 Å². The van der Waals surface area contributed by atoms with Crippen molar-refractivity contribution in [2.75, 3.05) is 6.54 Å². The van der Waals surface area contributed by atoms with E-state index >= 15 is 0 Å². The van der Waals surface area contributed by atoms with Gasteiger partial charge in [-0.25, -0.2) is 0 Å². The predicted octanol–water partition coefficient (Wildman–Crippen LogP) is 2.69. The highest BCUT2D eigenvalue weighted by Crippen LogP contribution is 2.25. The van der Waals surface area contributed by atoms with Crippen LogP contribution in [0.5, 0.6) is 0 Å². The van der Waals surface area contributed by atoms with E-state index in [0.717, 1.165) is 19.3 Å². The molecule has 0 heterocycles. The predicted molar refractivity (Wildman–Crippen MR) is 82.4 cm³/mol. The van der Waals surface area contributed by atoms with E-state index in [9.17, 15) is 15.0 Å². The Kier molecular flexibility index (Phi) is 5.88. The number of hydrogen-bond donors (Lipinski definition) is 3. The Labute approximate surface area is 134 Å². The van der Waals surface area contributed by atoms with Gasteiger partial charge < -0.3 is 15.5 Å². The van der Waals surface area contributed by atoms with Crippen LogP contribution in [0.1, 0.15) is 37.4 Å². The van der Waals surface area contributed by atoms with Crippen LogP contribution < -0.4 is 5.32 Å². The van der Waals surface area contributed by atoms with Crippen molar-refractivity contribution in [1.29, 1.82) is 0 Å². The highest BCUT2D eigenvalue weighted by molar-refractivity contribution is 6.34. The largest absolute Gasteiger partial charge is 0.393 e. The SMILES string of the molecule is O=C(NCC1CCCC(O)C1)C(O)c1cc(Cl)cc(Cl)c1. The molecule has 1 fully saturated rings. The lowest BCUT2D eigenvalue weighted by atomic mass is 9.87. The lowest BCUT2D eigenvalue weighted by Gasteiger charge is -2.26. The van der Waals surface area contributed by atoms with Crippen molar-refractivity contribution >= 4 is 29.1 Å². The van der Waals surface area contributed by atoms with Crippen molar-refractivity contribution in [3.05, 3.63) is 33.8 Å². The summed E-state index contributed by atoms with van der Waals surface area (Å²) in [4.78, 5) is 12.0. The van der Waals surface area contributed by atoms with Crippen LogP contribution in [0.25, 0.3) is 0 Å². The molecule has 0 aromatic heterocycles. The zero-order chi connectivity index (χ0) is 15.4. The molecule has 3 atom stereocenters. The van der Waals surface area contributed by atoms with Gasteiger partial charge in [0.05, 0.1) is 6.10 Å². The first-order chi connectivity index (χ1) is 9.95. The van der Waals surface area contributed by atoms with Crippen molar-refractivity contribution in [2.45, 2.75) is 37.9 Å². The fourth-order valence-corrected chi connectivity index (χ4v) is 3.22. The fraction of sp³-hybridized carbons (Fsp3) is 0.533. The zero-order valence-corrected chi connectivity index (χ0v) is 13.1. The molecule has 0 spiro atoms. The first-order valence-corrected chi connectivity index (χ1v) is 7.81. The molecule has 6 heteroatoms. The van der Waals surface area contributed by atoms with Gasteiger partial charge in [-0.15, -0.1) is 0 Å². The van der Waals surface area contributed by atoms with Crippen LogP contribution in [0, 0.1) is 5.92 Å². The molecule has 1 aliphatic rings. The van der Waals surface area contributed by atoms with Crippen molar-refractivity contribution in [2.24, 2.45) is 5.92 Å². The Morgan fingerprint density at radius 1 is 1.29 bits per heavy atom. The number of carbonyl (C=O) groups excluding carboxylic acids is 1. The van der Waals surface area contributed by atoms with Crippen LogP contribution in [-0.4, -0.2) is 28.8 Å². The lowest BCUT2D eigenvalue weighted by Crippen LogP contribution is -2.35.